The van der Waals surface area contributed by atoms with E-state index in [4.69, 9.17) is 5.11 Å². The summed E-state index contributed by atoms with van der Waals surface area (Å²) in [6.07, 6.45) is 0. The summed E-state index contributed by atoms with van der Waals surface area (Å²) in [4.78, 5) is 9.78. The first-order valence-corrected chi connectivity index (χ1v) is 4.89. The van der Waals surface area contributed by atoms with Gasteiger partial charge in [-0.2, -0.15) is 35.1 Å². The van der Waals surface area contributed by atoms with Gasteiger partial charge < -0.3 is 5.11 Å². The first-order valence-electron chi connectivity index (χ1n) is 3.76. The van der Waals surface area contributed by atoms with Crippen molar-refractivity contribution in [1.29, 1.82) is 0 Å². The molecule has 0 saturated carbocycles. The van der Waals surface area contributed by atoms with Crippen LogP contribution in [0.4, 0.5) is 35.1 Å². The molecule has 0 heterocycles. The second kappa shape index (κ2) is 4.66. The van der Waals surface area contributed by atoms with Crippen LogP contribution in [-0.4, -0.2) is 38.6 Å². The molecule has 0 aliphatic carbocycles. The summed E-state index contributed by atoms with van der Waals surface area (Å²) in [5.41, 5.74) is 0. The summed E-state index contributed by atoms with van der Waals surface area (Å²) < 4.78 is 97.3. The zero-order chi connectivity index (χ0) is 16.1. The van der Waals surface area contributed by atoms with Gasteiger partial charge in [0.05, 0.1) is 0 Å². The molecule has 0 unspecified atom stereocenters. The van der Waals surface area contributed by atoms with Crippen molar-refractivity contribution < 1.29 is 45.0 Å². The maximum absolute atomic E-state index is 12.8. The van der Waals surface area contributed by atoms with Gasteiger partial charge in [-0.1, -0.05) is 34.8 Å². The number of alkyl halides is 11. The molecule has 0 aromatic rings. The van der Waals surface area contributed by atoms with Gasteiger partial charge in [0, 0.05) is 0 Å². The molecule has 0 aromatic heterocycles. The van der Waals surface area contributed by atoms with Crippen LogP contribution in [0.5, 0.6) is 0 Å². The number of carbonyl (C=O) groups is 1. The van der Waals surface area contributed by atoms with Crippen LogP contribution in [0.15, 0.2) is 0 Å². The fraction of sp³-hybridized carbons (Fsp3) is 0.833. The number of carboxylic acids is 1. The van der Waals surface area contributed by atoms with E-state index in [9.17, 15) is 39.9 Å². The molecule has 0 radical (unpaired) electrons. The van der Waals surface area contributed by atoms with Gasteiger partial charge in [0.15, 0.2) is 0 Å². The third kappa shape index (κ3) is 2.54. The van der Waals surface area contributed by atoms with Crippen molar-refractivity contribution in [2.75, 3.05) is 0 Å². The van der Waals surface area contributed by atoms with Gasteiger partial charge in [-0.05, 0) is 0 Å². The van der Waals surface area contributed by atoms with E-state index in [2.05, 4.69) is 34.8 Å². The minimum atomic E-state index is -7.01. The Morgan fingerprint density at radius 3 is 1.26 bits per heavy atom. The summed E-state index contributed by atoms with van der Waals surface area (Å²) in [5.74, 6) is -30.5. The summed E-state index contributed by atoms with van der Waals surface area (Å²) in [6.45, 7) is 0. The second-order valence-corrected chi connectivity index (χ2v) is 5.38. The highest BCUT2D eigenvalue weighted by atomic mass is 35.6. The zero-order valence-corrected chi connectivity index (χ0v) is 10.3. The Balaban J connectivity index is 5.99. The van der Waals surface area contributed by atoms with Crippen molar-refractivity contribution in [3.8, 4) is 0 Å². The standard InChI is InChI=1S/C6HCl3F8O2/c7-6(8,9)5(16,17)4(14,15)3(12,13)2(10,11)1(18)19/h(H,18,19). The van der Waals surface area contributed by atoms with Crippen molar-refractivity contribution in [1.82, 2.24) is 0 Å². The first-order chi connectivity index (χ1) is 7.94. The Labute approximate surface area is 114 Å². The summed E-state index contributed by atoms with van der Waals surface area (Å²) >= 11 is 13.0. The maximum Gasteiger partial charge on any atom is 0.410 e. The molecule has 0 bridgehead atoms. The Kier molecular flexibility index (Phi) is 4.61. The average molecular weight is 363 g/mol. The largest absolute Gasteiger partial charge is 0.477 e. The molecule has 0 aromatic carbocycles. The number of halogens is 11. The topological polar surface area (TPSA) is 37.3 Å². The minimum absolute atomic E-state index is 3.75. The van der Waals surface area contributed by atoms with Crippen molar-refractivity contribution in [2.24, 2.45) is 0 Å². The third-order valence-corrected chi connectivity index (χ3v) is 2.52. The number of aliphatic carboxylic acids is 1. The monoisotopic (exact) mass is 362 g/mol. The number of carboxylic acid groups (broad SMARTS) is 1. The van der Waals surface area contributed by atoms with E-state index in [1.165, 1.54) is 0 Å². The number of hydrogen-bond donors (Lipinski definition) is 1. The van der Waals surface area contributed by atoms with Gasteiger partial charge in [-0.15, -0.1) is 0 Å². The van der Waals surface area contributed by atoms with Crippen LogP contribution in [0.1, 0.15) is 0 Å². The molecule has 2 nitrogen and oxygen atoms in total. The molecular weight excluding hydrogens is 362 g/mol. The van der Waals surface area contributed by atoms with Crippen LogP contribution in [0.3, 0.4) is 0 Å². The van der Waals surface area contributed by atoms with Gasteiger partial charge in [0.2, 0.25) is 0 Å². The van der Waals surface area contributed by atoms with Gasteiger partial charge >= 0.3 is 29.7 Å². The lowest BCUT2D eigenvalue weighted by Gasteiger charge is -2.37. The van der Waals surface area contributed by atoms with Crippen molar-refractivity contribution in [3.63, 3.8) is 0 Å². The summed E-state index contributed by atoms with van der Waals surface area (Å²) in [7, 11) is 0. The molecule has 0 fully saturated rings. The number of hydrogen-bond acceptors (Lipinski definition) is 1. The molecule has 0 atom stereocenters. The van der Waals surface area contributed by atoms with E-state index in [-0.39, 0.29) is 0 Å². The van der Waals surface area contributed by atoms with E-state index in [0.717, 1.165) is 0 Å². The molecule has 0 rings (SSSR count). The van der Waals surface area contributed by atoms with Crippen LogP contribution in [0.2, 0.25) is 0 Å². The molecule has 0 amide bonds. The molecule has 13 heteroatoms. The molecule has 0 saturated heterocycles. The smallest absolute Gasteiger partial charge is 0.410 e. The van der Waals surface area contributed by atoms with Crippen molar-refractivity contribution >= 4 is 40.8 Å². The Morgan fingerprint density at radius 1 is 0.737 bits per heavy atom. The van der Waals surface area contributed by atoms with Gasteiger partial charge in [0.1, 0.15) is 0 Å². The maximum atomic E-state index is 12.8. The highest BCUT2D eigenvalue weighted by molar-refractivity contribution is 6.68. The quantitative estimate of drug-likeness (QED) is 0.606. The molecule has 0 aliphatic rings. The second-order valence-electron chi connectivity index (χ2n) is 3.10. The van der Waals surface area contributed by atoms with E-state index >= 15 is 0 Å². The summed E-state index contributed by atoms with van der Waals surface area (Å²) in [5, 5.41) is 7.70. The van der Waals surface area contributed by atoms with Crippen molar-refractivity contribution in [2.45, 2.75) is 27.5 Å². The van der Waals surface area contributed by atoms with Crippen LogP contribution in [0, 0.1) is 0 Å². The molecule has 1 N–H and O–H groups in total. The highest BCUT2D eigenvalue weighted by Gasteiger charge is 2.86. The highest BCUT2D eigenvalue weighted by Crippen LogP contribution is 2.59. The first kappa shape index (κ1) is 18.8. The molecule has 0 aliphatic heterocycles. The Morgan fingerprint density at radius 2 is 1.05 bits per heavy atom. The lowest BCUT2D eigenvalue weighted by Crippen LogP contribution is -2.67. The predicted molar refractivity (Wildman–Crippen MR) is 47.7 cm³/mol. The Bertz CT molecular complexity index is 377. The Hall–Kier alpha value is -0.220. The fourth-order valence-corrected chi connectivity index (χ4v) is 1.06. The van der Waals surface area contributed by atoms with E-state index in [1.54, 1.807) is 0 Å². The van der Waals surface area contributed by atoms with Crippen LogP contribution in [0.25, 0.3) is 0 Å². The minimum Gasteiger partial charge on any atom is -0.477 e. The lowest BCUT2D eigenvalue weighted by atomic mass is 9.99. The molecule has 19 heavy (non-hydrogen) atoms. The SMILES string of the molecule is O=C(O)C(F)(F)C(F)(F)C(F)(F)C(F)(F)C(Cl)(Cl)Cl. The van der Waals surface area contributed by atoms with E-state index < -0.39 is 33.5 Å². The van der Waals surface area contributed by atoms with E-state index in [1.807, 2.05) is 0 Å². The van der Waals surface area contributed by atoms with Gasteiger partial charge in [0.25, 0.3) is 3.79 Å². The van der Waals surface area contributed by atoms with Crippen molar-refractivity contribution in [3.05, 3.63) is 0 Å². The average Bonchev–Trinajstić information content (AvgIpc) is 2.14. The molecule has 0 spiro atoms. The normalized spacial score (nSPS) is 15.5. The number of rotatable bonds is 4. The molecular formula is C6HCl3F8O2. The van der Waals surface area contributed by atoms with E-state index in [0.29, 0.717) is 0 Å². The lowest BCUT2D eigenvalue weighted by molar-refractivity contribution is -0.358. The fourth-order valence-electron chi connectivity index (χ4n) is 0.707. The van der Waals surface area contributed by atoms with Crippen LogP contribution >= 0.6 is 34.8 Å². The predicted octanol–water partition coefficient (Wildman–Crippen LogP) is 3.98. The summed E-state index contributed by atoms with van der Waals surface area (Å²) in [6, 6.07) is 0. The third-order valence-electron chi connectivity index (χ3n) is 1.81. The zero-order valence-electron chi connectivity index (χ0n) is 8.01. The van der Waals surface area contributed by atoms with Crippen LogP contribution < -0.4 is 0 Å². The van der Waals surface area contributed by atoms with Crippen LogP contribution in [-0.2, 0) is 4.79 Å². The van der Waals surface area contributed by atoms with Gasteiger partial charge in [-0.25, -0.2) is 4.79 Å². The van der Waals surface area contributed by atoms with Gasteiger partial charge in [-0.3, -0.25) is 0 Å². The molecule has 114 valence electrons.